The van der Waals surface area contributed by atoms with Crippen LogP contribution < -0.4 is 5.73 Å². The summed E-state index contributed by atoms with van der Waals surface area (Å²) in [7, 11) is 0. The first-order valence-corrected chi connectivity index (χ1v) is 8.75. The number of carbonyl (C=O) groups is 1. The molecule has 0 aromatic carbocycles. The summed E-state index contributed by atoms with van der Waals surface area (Å²) < 4.78 is 0. The van der Waals surface area contributed by atoms with E-state index in [9.17, 15) is 4.79 Å². The minimum absolute atomic E-state index is 0.292. The molecule has 0 aliphatic rings. The summed E-state index contributed by atoms with van der Waals surface area (Å²) in [5.74, 6) is -0.307. The molecule has 3 heteroatoms. The first-order valence-electron chi connectivity index (χ1n) is 8.75. The van der Waals surface area contributed by atoms with E-state index in [-0.39, 0.29) is 5.91 Å². The van der Waals surface area contributed by atoms with Crippen molar-refractivity contribution in [1.82, 2.24) is 4.90 Å². The van der Waals surface area contributed by atoms with Crippen LogP contribution in [0.5, 0.6) is 0 Å². The highest BCUT2D eigenvalue weighted by Gasteiger charge is 2.12. The fraction of sp³-hybridized carbons (Fsp3) is 0.833. The van der Waals surface area contributed by atoms with E-state index in [1.807, 2.05) is 13.0 Å². The Labute approximate surface area is 132 Å². The monoisotopic (exact) mass is 296 g/mol. The number of rotatable bonds is 13. The van der Waals surface area contributed by atoms with E-state index in [0.29, 0.717) is 11.6 Å². The number of hydrogen-bond donors (Lipinski definition) is 1. The molecular weight excluding hydrogens is 260 g/mol. The van der Waals surface area contributed by atoms with Gasteiger partial charge in [0.25, 0.3) is 0 Å². The third-order valence-corrected chi connectivity index (χ3v) is 4.05. The molecule has 0 aliphatic carbocycles. The molecule has 1 atom stereocenters. The summed E-state index contributed by atoms with van der Waals surface area (Å²) in [5, 5.41) is 0. The Morgan fingerprint density at radius 2 is 1.48 bits per heavy atom. The zero-order chi connectivity index (χ0) is 16.1. The summed E-state index contributed by atoms with van der Waals surface area (Å²) in [6, 6.07) is 0.292. The summed E-state index contributed by atoms with van der Waals surface area (Å²) in [6.07, 6.45) is 12.3. The van der Waals surface area contributed by atoms with Crippen LogP contribution in [0.25, 0.3) is 0 Å². The highest BCUT2D eigenvalue weighted by Crippen LogP contribution is 2.11. The van der Waals surface area contributed by atoms with Gasteiger partial charge in [0.15, 0.2) is 0 Å². The van der Waals surface area contributed by atoms with Gasteiger partial charge in [-0.15, -0.1) is 0 Å². The predicted molar refractivity (Wildman–Crippen MR) is 92.3 cm³/mol. The highest BCUT2D eigenvalue weighted by atomic mass is 16.1. The number of nitrogens with zero attached hydrogens (tertiary/aromatic N) is 1. The smallest absolute Gasteiger partial charge is 0.244 e. The van der Waals surface area contributed by atoms with Gasteiger partial charge in [-0.3, -0.25) is 9.69 Å². The zero-order valence-corrected chi connectivity index (χ0v) is 14.7. The van der Waals surface area contributed by atoms with Crippen molar-refractivity contribution in [2.45, 2.75) is 85.1 Å². The second-order valence-electron chi connectivity index (χ2n) is 6.11. The van der Waals surface area contributed by atoms with Crippen molar-refractivity contribution in [1.29, 1.82) is 0 Å². The lowest BCUT2D eigenvalue weighted by Crippen LogP contribution is -2.34. The summed E-state index contributed by atoms with van der Waals surface area (Å²) in [6.45, 7) is 10.7. The Morgan fingerprint density at radius 3 is 1.86 bits per heavy atom. The molecule has 0 fully saturated rings. The minimum atomic E-state index is -0.307. The van der Waals surface area contributed by atoms with Crippen molar-refractivity contribution in [2.75, 3.05) is 13.1 Å². The van der Waals surface area contributed by atoms with Gasteiger partial charge in [-0.2, -0.15) is 0 Å². The molecule has 0 aromatic heterocycles. The largest absolute Gasteiger partial charge is 0.366 e. The maximum absolute atomic E-state index is 11.2. The average molecular weight is 296 g/mol. The maximum Gasteiger partial charge on any atom is 0.244 e. The summed E-state index contributed by atoms with van der Waals surface area (Å²) in [5.41, 5.74) is 6.01. The Kier molecular flexibility index (Phi) is 12.4. The maximum atomic E-state index is 11.2. The highest BCUT2D eigenvalue weighted by molar-refractivity contribution is 5.91. The molecule has 0 spiro atoms. The van der Waals surface area contributed by atoms with Crippen LogP contribution in [0.4, 0.5) is 0 Å². The first-order chi connectivity index (χ1) is 10.0. The minimum Gasteiger partial charge on any atom is -0.366 e. The molecule has 0 saturated carbocycles. The van der Waals surface area contributed by atoms with E-state index in [0.717, 1.165) is 13.1 Å². The van der Waals surface area contributed by atoms with E-state index < -0.39 is 0 Å². The van der Waals surface area contributed by atoms with Gasteiger partial charge in [0.1, 0.15) is 0 Å². The van der Waals surface area contributed by atoms with Crippen molar-refractivity contribution < 1.29 is 4.79 Å². The number of unbranched alkanes of at least 4 members (excludes halogenated alkanes) is 6. The van der Waals surface area contributed by atoms with Gasteiger partial charge in [0.05, 0.1) is 0 Å². The van der Waals surface area contributed by atoms with Crippen molar-refractivity contribution in [3.63, 3.8) is 0 Å². The van der Waals surface area contributed by atoms with Crippen LogP contribution in [0.1, 0.15) is 79.1 Å². The van der Waals surface area contributed by atoms with Crippen molar-refractivity contribution >= 4 is 5.91 Å². The molecule has 0 aromatic rings. The molecule has 0 rings (SSSR count). The fourth-order valence-electron chi connectivity index (χ4n) is 2.55. The SMILES string of the molecule is CCCCCCN(CCCCCC)C(C)C=C(C)C(N)=O. The molecule has 1 unspecified atom stereocenters. The Morgan fingerprint density at radius 1 is 1.00 bits per heavy atom. The lowest BCUT2D eigenvalue weighted by Gasteiger charge is -2.27. The van der Waals surface area contributed by atoms with Crippen LogP contribution in [-0.2, 0) is 4.79 Å². The lowest BCUT2D eigenvalue weighted by atomic mass is 10.1. The van der Waals surface area contributed by atoms with Crippen LogP contribution in [0.2, 0.25) is 0 Å². The van der Waals surface area contributed by atoms with E-state index >= 15 is 0 Å². The quantitative estimate of drug-likeness (QED) is 0.407. The van der Waals surface area contributed by atoms with E-state index in [2.05, 4.69) is 25.7 Å². The molecule has 0 bridgehead atoms. The summed E-state index contributed by atoms with van der Waals surface area (Å²) >= 11 is 0. The van der Waals surface area contributed by atoms with Crippen molar-refractivity contribution in [3.8, 4) is 0 Å². The number of hydrogen-bond acceptors (Lipinski definition) is 2. The molecular formula is C18H36N2O. The van der Waals surface area contributed by atoms with Crippen LogP contribution in [0.15, 0.2) is 11.6 Å². The molecule has 1 amide bonds. The fourth-order valence-corrected chi connectivity index (χ4v) is 2.55. The second-order valence-corrected chi connectivity index (χ2v) is 6.11. The van der Waals surface area contributed by atoms with Gasteiger partial charge in [-0.05, 0) is 39.8 Å². The normalized spacial score (nSPS) is 13.7. The van der Waals surface area contributed by atoms with Gasteiger partial charge in [-0.1, -0.05) is 58.4 Å². The van der Waals surface area contributed by atoms with E-state index in [1.54, 1.807) is 0 Å². The third-order valence-electron chi connectivity index (χ3n) is 4.05. The topological polar surface area (TPSA) is 46.3 Å². The number of amides is 1. The molecule has 0 heterocycles. The third kappa shape index (κ3) is 10.5. The van der Waals surface area contributed by atoms with Gasteiger partial charge < -0.3 is 5.73 Å². The number of primary amides is 1. The molecule has 2 N–H and O–H groups in total. The Hall–Kier alpha value is -0.830. The van der Waals surface area contributed by atoms with Crippen molar-refractivity contribution in [3.05, 3.63) is 11.6 Å². The van der Waals surface area contributed by atoms with Gasteiger partial charge in [0, 0.05) is 11.6 Å². The lowest BCUT2D eigenvalue weighted by molar-refractivity contribution is -0.114. The predicted octanol–water partition coefficient (Wildman–Crippen LogP) is 4.27. The molecule has 3 nitrogen and oxygen atoms in total. The van der Waals surface area contributed by atoms with Crippen LogP contribution in [0, 0.1) is 0 Å². The molecule has 21 heavy (non-hydrogen) atoms. The second kappa shape index (κ2) is 12.9. The van der Waals surface area contributed by atoms with Crippen LogP contribution in [0.3, 0.4) is 0 Å². The Balaban J connectivity index is 4.39. The first kappa shape index (κ1) is 20.2. The van der Waals surface area contributed by atoms with Gasteiger partial charge in [-0.25, -0.2) is 0 Å². The standard InChI is InChI=1S/C18H36N2O/c1-5-7-9-11-13-20(14-12-10-8-6-2)17(4)15-16(3)18(19)21/h15,17H,5-14H2,1-4H3,(H2,19,21). The summed E-state index contributed by atoms with van der Waals surface area (Å²) in [4.78, 5) is 13.7. The zero-order valence-electron chi connectivity index (χ0n) is 14.7. The van der Waals surface area contributed by atoms with Crippen LogP contribution >= 0.6 is 0 Å². The number of nitrogens with two attached hydrogens (primary N) is 1. The van der Waals surface area contributed by atoms with Crippen molar-refractivity contribution in [2.24, 2.45) is 5.73 Å². The Bertz CT molecular complexity index is 288. The van der Waals surface area contributed by atoms with E-state index in [1.165, 1.54) is 51.4 Å². The van der Waals surface area contributed by atoms with E-state index in [4.69, 9.17) is 5.73 Å². The van der Waals surface area contributed by atoms with Gasteiger partial charge in [0.2, 0.25) is 5.91 Å². The molecule has 0 saturated heterocycles. The molecule has 0 aliphatic heterocycles. The molecule has 124 valence electrons. The molecule has 0 radical (unpaired) electrons. The average Bonchev–Trinajstić information content (AvgIpc) is 2.45. The number of carbonyl (C=O) groups excluding carboxylic acids is 1. The van der Waals surface area contributed by atoms with Crippen LogP contribution in [-0.4, -0.2) is 29.9 Å². The van der Waals surface area contributed by atoms with Gasteiger partial charge >= 0.3 is 0 Å².